The summed E-state index contributed by atoms with van der Waals surface area (Å²) in [6.07, 6.45) is -9.00. The molecule has 10 heteroatoms. The molecule has 0 aliphatic rings. The van der Waals surface area contributed by atoms with E-state index in [1.54, 1.807) is 0 Å². The highest BCUT2D eigenvalue weighted by molar-refractivity contribution is 5.78. The number of nitrogens with zero attached hydrogens (tertiary/aromatic N) is 3. The molecule has 0 aliphatic heterocycles. The average Bonchev–Trinajstić information content (AvgIpc) is 2.60. The van der Waals surface area contributed by atoms with Gasteiger partial charge in [0.25, 0.3) is 0 Å². The molecule has 3 aromatic rings. The van der Waals surface area contributed by atoms with Crippen LogP contribution < -0.4 is 5.73 Å². The Morgan fingerprint density at radius 1 is 0.593 bits per heavy atom. The predicted octanol–water partition coefficient (Wildman–Crippen LogP) is 4.83. The molecule has 0 saturated heterocycles. The van der Waals surface area contributed by atoms with Crippen LogP contribution in [0.2, 0.25) is 0 Å². The van der Waals surface area contributed by atoms with Gasteiger partial charge in [0.05, 0.1) is 11.1 Å². The van der Waals surface area contributed by atoms with Crippen molar-refractivity contribution >= 4 is 5.95 Å². The number of benzene rings is 2. The minimum Gasteiger partial charge on any atom is -0.366 e. The minimum atomic E-state index is -4.50. The number of alkyl halides is 6. The van der Waals surface area contributed by atoms with Crippen molar-refractivity contribution in [2.24, 2.45) is 0 Å². The average molecular weight is 384 g/mol. The number of nitrogen functional groups attached to an aromatic ring is 1. The lowest BCUT2D eigenvalue weighted by molar-refractivity contribution is -0.138. The third kappa shape index (κ3) is 3.99. The maximum Gasteiger partial charge on any atom is 0.416 e. The summed E-state index contributed by atoms with van der Waals surface area (Å²) in [6.45, 7) is 0. The maximum absolute atomic E-state index is 12.7. The Labute approximate surface area is 148 Å². The van der Waals surface area contributed by atoms with E-state index in [2.05, 4.69) is 15.2 Å². The van der Waals surface area contributed by atoms with Crippen LogP contribution in [-0.4, -0.2) is 15.2 Å². The van der Waals surface area contributed by atoms with E-state index >= 15 is 0 Å². The molecular formula is C17H10F6N4. The number of hydrogen-bond donors (Lipinski definition) is 1. The molecule has 2 aromatic carbocycles. The van der Waals surface area contributed by atoms with E-state index in [9.17, 15) is 26.3 Å². The summed E-state index contributed by atoms with van der Waals surface area (Å²) in [5.41, 5.74) is 4.54. The molecule has 140 valence electrons. The van der Waals surface area contributed by atoms with E-state index in [-0.39, 0.29) is 28.5 Å². The first-order valence-corrected chi connectivity index (χ1v) is 7.41. The monoisotopic (exact) mass is 384 g/mol. The van der Waals surface area contributed by atoms with Gasteiger partial charge in [-0.15, -0.1) is 10.2 Å². The predicted molar refractivity (Wildman–Crippen MR) is 85.1 cm³/mol. The first kappa shape index (κ1) is 18.6. The highest BCUT2D eigenvalue weighted by atomic mass is 19.4. The fourth-order valence-electron chi connectivity index (χ4n) is 2.37. The lowest BCUT2D eigenvalue weighted by atomic mass is 10.0. The van der Waals surface area contributed by atoms with Crippen molar-refractivity contribution < 1.29 is 26.3 Å². The van der Waals surface area contributed by atoms with Crippen molar-refractivity contribution in [1.29, 1.82) is 0 Å². The fourth-order valence-corrected chi connectivity index (χ4v) is 2.37. The number of hydrogen-bond acceptors (Lipinski definition) is 4. The minimum absolute atomic E-state index is 0.0951. The van der Waals surface area contributed by atoms with Crippen molar-refractivity contribution in [2.45, 2.75) is 12.4 Å². The number of nitrogens with two attached hydrogens (primary N) is 1. The summed E-state index contributed by atoms with van der Waals surface area (Å²) in [4.78, 5) is 3.98. The molecule has 0 atom stereocenters. The highest BCUT2D eigenvalue weighted by Crippen LogP contribution is 2.35. The van der Waals surface area contributed by atoms with Gasteiger partial charge in [-0.25, -0.2) is 4.98 Å². The molecule has 0 bridgehead atoms. The van der Waals surface area contributed by atoms with E-state index in [1.165, 1.54) is 24.3 Å². The molecule has 4 nitrogen and oxygen atoms in total. The standard InChI is InChI=1S/C17H10F6N4/c18-16(19,20)11-5-1-9(2-6-11)13-14(26-27-15(24)25-13)10-3-7-12(8-4-10)17(21,22)23/h1-8H,(H2,24,25,27). The van der Waals surface area contributed by atoms with Gasteiger partial charge >= 0.3 is 12.4 Å². The molecule has 27 heavy (non-hydrogen) atoms. The molecule has 0 unspecified atom stereocenters. The van der Waals surface area contributed by atoms with Crippen molar-refractivity contribution in [2.75, 3.05) is 5.73 Å². The second-order valence-corrected chi connectivity index (χ2v) is 5.52. The SMILES string of the molecule is Nc1nnc(-c2ccc(C(F)(F)F)cc2)c(-c2ccc(C(F)(F)F)cc2)n1. The van der Waals surface area contributed by atoms with Crippen LogP contribution in [-0.2, 0) is 12.4 Å². The molecule has 2 N–H and O–H groups in total. The van der Waals surface area contributed by atoms with Gasteiger partial charge in [0.15, 0.2) is 0 Å². The number of anilines is 1. The van der Waals surface area contributed by atoms with E-state index in [1.807, 2.05) is 0 Å². The Morgan fingerprint density at radius 3 is 1.41 bits per heavy atom. The van der Waals surface area contributed by atoms with Crippen LogP contribution in [0.1, 0.15) is 11.1 Å². The lowest BCUT2D eigenvalue weighted by Crippen LogP contribution is -2.06. The summed E-state index contributed by atoms with van der Waals surface area (Å²) in [7, 11) is 0. The van der Waals surface area contributed by atoms with Crippen LogP contribution in [0.5, 0.6) is 0 Å². The maximum atomic E-state index is 12.7. The fraction of sp³-hybridized carbons (Fsp3) is 0.118. The normalized spacial score (nSPS) is 12.2. The summed E-state index contributed by atoms with van der Waals surface area (Å²) in [5, 5.41) is 7.43. The Kier molecular flexibility index (Phi) is 4.50. The van der Waals surface area contributed by atoms with Crippen LogP contribution in [0.15, 0.2) is 48.5 Å². The molecule has 3 rings (SSSR count). The zero-order chi connectivity index (χ0) is 19.8. The number of aromatic nitrogens is 3. The Balaban J connectivity index is 2.06. The van der Waals surface area contributed by atoms with Gasteiger partial charge in [-0.05, 0) is 24.3 Å². The molecule has 0 saturated carbocycles. The van der Waals surface area contributed by atoms with Gasteiger partial charge in [-0.2, -0.15) is 26.3 Å². The van der Waals surface area contributed by atoms with E-state index in [4.69, 9.17) is 5.73 Å². The van der Waals surface area contributed by atoms with Crippen LogP contribution in [0, 0.1) is 0 Å². The van der Waals surface area contributed by atoms with Crippen molar-refractivity contribution in [3.8, 4) is 22.5 Å². The first-order chi connectivity index (χ1) is 12.6. The number of halogens is 6. The molecule has 0 radical (unpaired) electrons. The zero-order valence-corrected chi connectivity index (χ0v) is 13.3. The smallest absolute Gasteiger partial charge is 0.366 e. The molecule has 0 fully saturated rings. The van der Waals surface area contributed by atoms with Crippen LogP contribution >= 0.6 is 0 Å². The Bertz CT molecular complexity index is 947. The quantitative estimate of drug-likeness (QED) is 0.643. The van der Waals surface area contributed by atoms with Crippen molar-refractivity contribution in [1.82, 2.24) is 15.2 Å². The van der Waals surface area contributed by atoms with Gasteiger partial charge in [0, 0.05) is 11.1 Å². The summed E-state index contributed by atoms with van der Waals surface area (Å²) in [5.74, 6) is -0.222. The Morgan fingerprint density at radius 2 is 1.00 bits per heavy atom. The third-order valence-corrected chi connectivity index (χ3v) is 3.67. The van der Waals surface area contributed by atoms with Crippen LogP contribution in [0.4, 0.5) is 32.3 Å². The third-order valence-electron chi connectivity index (χ3n) is 3.67. The largest absolute Gasteiger partial charge is 0.416 e. The first-order valence-electron chi connectivity index (χ1n) is 7.41. The van der Waals surface area contributed by atoms with Gasteiger partial charge in [-0.1, -0.05) is 24.3 Å². The number of rotatable bonds is 2. The Hall–Kier alpha value is -3.17. The van der Waals surface area contributed by atoms with Gasteiger partial charge < -0.3 is 5.73 Å². The highest BCUT2D eigenvalue weighted by Gasteiger charge is 2.31. The zero-order valence-electron chi connectivity index (χ0n) is 13.3. The van der Waals surface area contributed by atoms with Gasteiger partial charge in [0.2, 0.25) is 5.95 Å². The van der Waals surface area contributed by atoms with Gasteiger partial charge in [-0.3, -0.25) is 0 Å². The van der Waals surface area contributed by atoms with Crippen LogP contribution in [0.25, 0.3) is 22.5 Å². The molecule has 1 aromatic heterocycles. The van der Waals surface area contributed by atoms with Crippen molar-refractivity contribution in [3.05, 3.63) is 59.7 Å². The van der Waals surface area contributed by atoms with E-state index in [0.717, 1.165) is 24.3 Å². The second-order valence-electron chi connectivity index (χ2n) is 5.52. The lowest BCUT2D eigenvalue weighted by Gasteiger charge is -2.11. The summed E-state index contributed by atoms with van der Waals surface area (Å²) >= 11 is 0. The molecule has 0 amide bonds. The van der Waals surface area contributed by atoms with Crippen molar-refractivity contribution in [3.63, 3.8) is 0 Å². The second kappa shape index (κ2) is 6.53. The molecule has 1 heterocycles. The van der Waals surface area contributed by atoms with E-state index in [0.29, 0.717) is 0 Å². The van der Waals surface area contributed by atoms with Crippen LogP contribution in [0.3, 0.4) is 0 Å². The molecular weight excluding hydrogens is 374 g/mol. The summed E-state index contributed by atoms with van der Waals surface area (Å²) < 4.78 is 76.3. The molecule has 0 spiro atoms. The van der Waals surface area contributed by atoms with Gasteiger partial charge in [0.1, 0.15) is 11.4 Å². The summed E-state index contributed by atoms with van der Waals surface area (Å²) in [6, 6.07) is 8.18. The van der Waals surface area contributed by atoms with E-state index < -0.39 is 23.5 Å². The molecule has 0 aliphatic carbocycles. The topological polar surface area (TPSA) is 64.7 Å².